The maximum atomic E-state index is 11.5. The monoisotopic (exact) mass is 617 g/mol. The first-order valence-corrected chi connectivity index (χ1v) is 14.8. The molecule has 10 nitrogen and oxygen atoms in total. The minimum atomic E-state index is -0.722. The molecular formula is C33H63NO9. The Kier molecular flexibility index (Phi) is 23.8. The zero-order valence-corrected chi connectivity index (χ0v) is 30.1. The number of ether oxygens (including phenoxy) is 3. The van der Waals surface area contributed by atoms with Crippen molar-refractivity contribution in [1.29, 1.82) is 0 Å². The Morgan fingerprint density at radius 3 is 1.21 bits per heavy atom. The van der Waals surface area contributed by atoms with E-state index in [9.17, 15) is 24.0 Å². The maximum Gasteiger partial charge on any atom is 0.333 e. The number of hydrogen-bond donors (Lipinski definition) is 1. The predicted octanol–water partition coefficient (Wildman–Crippen LogP) is 6.70. The second-order valence-corrected chi connectivity index (χ2v) is 13.0. The van der Waals surface area contributed by atoms with Crippen LogP contribution in [0.4, 0.5) is 0 Å². The van der Waals surface area contributed by atoms with E-state index in [2.05, 4.69) is 11.3 Å². The van der Waals surface area contributed by atoms with Gasteiger partial charge in [-0.3, -0.25) is 19.2 Å². The SMILES string of the molecule is C=C(C)C(=O)OCCOC(=O)C(C)(C)CC.CCC(C)(C)C(=O)N(C)C.CCC(C)(C)C(=O)O.CCC(C)(C)C(=O)OC. The highest BCUT2D eigenvalue weighted by Gasteiger charge is 2.28. The molecule has 0 fully saturated rings. The fraction of sp³-hybridized carbons (Fsp3) is 0.788. The summed E-state index contributed by atoms with van der Waals surface area (Å²) in [6.45, 7) is 27.7. The molecule has 254 valence electrons. The van der Waals surface area contributed by atoms with Crippen LogP contribution in [-0.4, -0.2) is 74.2 Å². The second kappa shape index (κ2) is 21.7. The van der Waals surface area contributed by atoms with Gasteiger partial charge in [0.15, 0.2) is 0 Å². The molecule has 0 aliphatic carbocycles. The molecule has 0 aliphatic rings. The van der Waals surface area contributed by atoms with Crippen molar-refractivity contribution in [2.45, 2.75) is 116 Å². The number of carboxylic acids is 1. The molecule has 0 saturated carbocycles. The molecule has 0 atom stereocenters. The third-order valence-electron chi connectivity index (χ3n) is 7.29. The smallest absolute Gasteiger partial charge is 0.333 e. The Labute approximate surface area is 261 Å². The van der Waals surface area contributed by atoms with E-state index >= 15 is 0 Å². The second-order valence-electron chi connectivity index (χ2n) is 13.0. The van der Waals surface area contributed by atoms with Crippen molar-refractivity contribution in [3.63, 3.8) is 0 Å². The standard InChI is InChI=1S/C12H20O4.C8H17NO.C7H14O2.C6H12O2/c1-6-12(4,5)11(14)16-8-7-15-10(13)9(2)3;1-6-8(2,3)7(10)9(4)5;1-5-7(2,3)6(8)9-4;1-4-6(2,3)5(7)8/h2,6-8H2,1,3-5H3;6H2,1-5H3;5H2,1-4H3;4H2,1-3H3,(H,7,8). The third-order valence-corrected chi connectivity index (χ3v) is 7.29. The molecule has 43 heavy (non-hydrogen) atoms. The number of carbonyl (C=O) groups excluding carboxylic acids is 4. The summed E-state index contributed by atoms with van der Waals surface area (Å²) in [5, 5.41) is 8.44. The van der Waals surface area contributed by atoms with Gasteiger partial charge in [0.25, 0.3) is 0 Å². The number of esters is 3. The van der Waals surface area contributed by atoms with Crippen LogP contribution in [0.1, 0.15) is 116 Å². The fourth-order valence-electron chi connectivity index (χ4n) is 2.06. The first kappa shape index (κ1) is 47.0. The lowest BCUT2D eigenvalue weighted by atomic mass is 9.89. The van der Waals surface area contributed by atoms with Crippen molar-refractivity contribution in [3.8, 4) is 0 Å². The molecule has 0 rings (SSSR count). The first-order chi connectivity index (χ1) is 19.3. The van der Waals surface area contributed by atoms with Gasteiger partial charge in [-0.15, -0.1) is 0 Å². The zero-order valence-electron chi connectivity index (χ0n) is 30.1. The number of carboxylic acid groups (broad SMARTS) is 1. The summed E-state index contributed by atoms with van der Waals surface area (Å²) >= 11 is 0. The summed E-state index contributed by atoms with van der Waals surface area (Å²) in [6.07, 6.45) is 3.10. The lowest BCUT2D eigenvalue weighted by Gasteiger charge is -2.25. The highest BCUT2D eigenvalue weighted by atomic mass is 16.6. The topological polar surface area (TPSA) is 137 Å². The molecule has 0 radical (unpaired) electrons. The van der Waals surface area contributed by atoms with Crippen molar-refractivity contribution in [2.24, 2.45) is 21.7 Å². The molecule has 0 aliphatic heterocycles. The van der Waals surface area contributed by atoms with Crippen LogP contribution in [0.15, 0.2) is 12.2 Å². The Hall–Kier alpha value is -2.91. The molecule has 0 aromatic rings. The molecule has 0 bridgehead atoms. The molecule has 0 saturated heterocycles. The van der Waals surface area contributed by atoms with Crippen LogP contribution in [-0.2, 0) is 38.2 Å². The Morgan fingerprint density at radius 2 is 1.00 bits per heavy atom. The molecule has 0 unspecified atom stereocenters. The average Bonchev–Trinajstić information content (AvgIpc) is 2.94. The molecular weight excluding hydrogens is 554 g/mol. The number of nitrogens with zero attached hydrogens (tertiary/aromatic N) is 1. The summed E-state index contributed by atoms with van der Waals surface area (Å²) in [5.74, 6) is -1.40. The molecule has 10 heteroatoms. The van der Waals surface area contributed by atoms with Crippen LogP contribution in [0.25, 0.3) is 0 Å². The van der Waals surface area contributed by atoms with Gasteiger partial charge in [0, 0.05) is 25.1 Å². The molecule has 0 aromatic carbocycles. The Bertz CT molecular complexity index is 885. The van der Waals surface area contributed by atoms with Crippen LogP contribution in [0.5, 0.6) is 0 Å². The number of amides is 1. The van der Waals surface area contributed by atoms with E-state index in [1.165, 1.54) is 7.11 Å². The number of aliphatic carboxylic acids is 1. The van der Waals surface area contributed by atoms with Gasteiger partial charge >= 0.3 is 23.9 Å². The largest absolute Gasteiger partial charge is 0.481 e. The number of rotatable bonds is 12. The van der Waals surface area contributed by atoms with Crippen LogP contribution >= 0.6 is 0 Å². The van der Waals surface area contributed by atoms with Gasteiger partial charge in [-0.1, -0.05) is 48.1 Å². The third kappa shape index (κ3) is 21.4. The van der Waals surface area contributed by atoms with Crippen LogP contribution in [0, 0.1) is 21.7 Å². The van der Waals surface area contributed by atoms with Gasteiger partial charge in [0.2, 0.25) is 5.91 Å². The number of methoxy groups -OCH3 is 1. The zero-order chi connectivity index (χ0) is 35.4. The van der Waals surface area contributed by atoms with Gasteiger partial charge < -0.3 is 24.2 Å². The first-order valence-electron chi connectivity index (χ1n) is 14.8. The number of carbonyl (C=O) groups is 5. The summed E-state index contributed by atoms with van der Waals surface area (Å²) in [4.78, 5) is 56.5. The van der Waals surface area contributed by atoms with E-state index in [-0.39, 0.29) is 41.9 Å². The average molecular weight is 618 g/mol. The summed E-state index contributed by atoms with van der Waals surface area (Å²) in [5.41, 5.74) is -1.20. The molecule has 0 heterocycles. The minimum absolute atomic E-state index is 0.0667. The van der Waals surface area contributed by atoms with E-state index < -0.39 is 22.8 Å². The normalized spacial score (nSPS) is 11.1. The van der Waals surface area contributed by atoms with Crippen molar-refractivity contribution in [2.75, 3.05) is 34.4 Å². The van der Waals surface area contributed by atoms with Gasteiger partial charge in [0.1, 0.15) is 13.2 Å². The molecule has 1 N–H and O–H groups in total. The maximum absolute atomic E-state index is 11.5. The van der Waals surface area contributed by atoms with E-state index in [1.54, 1.807) is 39.8 Å². The van der Waals surface area contributed by atoms with E-state index in [0.29, 0.717) is 18.4 Å². The minimum Gasteiger partial charge on any atom is -0.481 e. The summed E-state index contributed by atoms with van der Waals surface area (Å²) in [7, 11) is 5.00. The van der Waals surface area contributed by atoms with Gasteiger partial charge in [0.05, 0.1) is 23.4 Å². The summed E-state index contributed by atoms with van der Waals surface area (Å²) < 4.78 is 14.3. The van der Waals surface area contributed by atoms with Gasteiger partial charge in [-0.2, -0.15) is 0 Å². The number of hydrogen-bond acceptors (Lipinski definition) is 8. The predicted molar refractivity (Wildman–Crippen MR) is 171 cm³/mol. The highest BCUT2D eigenvalue weighted by molar-refractivity contribution is 5.87. The van der Waals surface area contributed by atoms with E-state index in [4.69, 9.17) is 14.6 Å². The van der Waals surface area contributed by atoms with E-state index in [0.717, 1.165) is 12.8 Å². The van der Waals surface area contributed by atoms with Crippen molar-refractivity contribution in [1.82, 2.24) is 4.90 Å². The highest BCUT2D eigenvalue weighted by Crippen LogP contribution is 2.22. The lowest BCUT2D eigenvalue weighted by molar-refractivity contribution is -0.158. The van der Waals surface area contributed by atoms with Crippen LogP contribution in [0.3, 0.4) is 0 Å². The fourth-order valence-corrected chi connectivity index (χ4v) is 2.06. The Balaban J connectivity index is -0.000000246. The van der Waals surface area contributed by atoms with Crippen molar-refractivity contribution >= 4 is 29.8 Å². The van der Waals surface area contributed by atoms with Gasteiger partial charge in [-0.25, -0.2) is 4.79 Å². The summed E-state index contributed by atoms with van der Waals surface area (Å²) in [6, 6.07) is 0. The lowest BCUT2D eigenvalue weighted by Crippen LogP contribution is -2.35. The Morgan fingerprint density at radius 1 is 0.651 bits per heavy atom. The molecule has 1 amide bonds. The van der Waals surface area contributed by atoms with Crippen LogP contribution < -0.4 is 0 Å². The van der Waals surface area contributed by atoms with Crippen molar-refractivity contribution in [3.05, 3.63) is 12.2 Å². The quantitative estimate of drug-likeness (QED) is 0.110. The van der Waals surface area contributed by atoms with Crippen LogP contribution in [0.2, 0.25) is 0 Å². The molecule has 0 spiro atoms. The van der Waals surface area contributed by atoms with Gasteiger partial charge in [-0.05, 0) is 74.1 Å². The van der Waals surface area contributed by atoms with E-state index in [1.807, 2.05) is 69.2 Å². The van der Waals surface area contributed by atoms with Crippen molar-refractivity contribution < 1.29 is 43.3 Å². The molecule has 0 aromatic heterocycles.